The third-order valence-electron chi connectivity index (χ3n) is 8.79. The summed E-state index contributed by atoms with van der Waals surface area (Å²) in [5, 5.41) is 3.70. The summed E-state index contributed by atoms with van der Waals surface area (Å²) in [5.41, 5.74) is 13.1. The molecule has 2 nitrogen and oxygen atoms in total. The molecule has 0 aliphatic heterocycles. The molecular formula is C41H26BrN2+. The van der Waals surface area contributed by atoms with Gasteiger partial charge in [-0.25, -0.2) is 0 Å². The molecule has 0 spiro atoms. The van der Waals surface area contributed by atoms with Crippen LogP contribution in [0.4, 0.5) is 0 Å². The lowest BCUT2D eigenvalue weighted by molar-refractivity contribution is -0.466. The molecule has 0 aliphatic carbocycles. The van der Waals surface area contributed by atoms with Gasteiger partial charge in [0, 0.05) is 37.5 Å². The van der Waals surface area contributed by atoms with Crippen molar-refractivity contribution in [1.82, 2.24) is 4.40 Å². The summed E-state index contributed by atoms with van der Waals surface area (Å²) in [6.07, 6.45) is 0. The van der Waals surface area contributed by atoms with Gasteiger partial charge in [-0.1, -0.05) is 149 Å². The summed E-state index contributed by atoms with van der Waals surface area (Å²) in [7, 11) is 0. The van der Waals surface area contributed by atoms with Crippen LogP contribution in [-0.4, -0.2) is 4.40 Å². The van der Waals surface area contributed by atoms with E-state index in [0.717, 1.165) is 4.47 Å². The highest BCUT2D eigenvalue weighted by Gasteiger charge is 2.34. The largest absolute Gasteiger partial charge is 0.301 e. The molecule has 0 amide bonds. The highest BCUT2D eigenvalue weighted by molar-refractivity contribution is 9.10. The normalized spacial score (nSPS) is 11.8. The van der Waals surface area contributed by atoms with Gasteiger partial charge in [0.1, 0.15) is 11.4 Å². The number of para-hydroxylation sites is 2. The fraction of sp³-hybridized carbons (Fsp3) is 0. The van der Waals surface area contributed by atoms with Crippen LogP contribution in [0.15, 0.2) is 162 Å². The second-order valence-corrected chi connectivity index (χ2v) is 12.2. The summed E-state index contributed by atoms with van der Waals surface area (Å²) in [6, 6.07) is 56.9. The Morgan fingerprint density at radius 3 is 1.57 bits per heavy atom. The van der Waals surface area contributed by atoms with Crippen LogP contribution in [0.5, 0.6) is 0 Å². The number of imidazole rings is 1. The van der Waals surface area contributed by atoms with Crippen LogP contribution in [-0.2, 0) is 0 Å². The number of pyridine rings is 2. The third-order valence-corrected chi connectivity index (χ3v) is 9.25. The standard InChI is InChI=1S/C41H26BrN2/c42-31-25-32-36(27-15-5-1-6-16-27)39(29-19-9-3-10-20-29)43-34-23-13-14-24-35(34)44-40(30-21-11-4-12-22-30)37(28-17-7-2-8-18-28)33(26-31)38(32)41(43)44/h1-26H/q+1. The van der Waals surface area contributed by atoms with Crippen LogP contribution < -0.4 is 4.40 Å². The van der Waals surface area contributed by atoms with Gasteiger partial charge in [0.2, 0.25) is 0 Å². The fourth-order valence-corrected chi connectivity index (χ4v) is 7.56. The van der Waals surface area contributed by atoms with Crippen LogP contribution >= 0.6 is 15.9 Å². The first-order valence-corrected chi connectivity index (χ1v) is 15.7. The van der Waals surface area contributed by atoms with E-state index in [0.29, 0.717) is 0 Å². The lowest BCUT2D eigenvalue weighted by atomic mass is 9.88. The van der Waals surface area contributed by atoms with E-state index < -0.39 is 0 Å². The van der Waals surface area contributed by atoms with Crippen molar-refractivity contribution in [3.63, 3.8) is 0 Å². The van der Waals surface area contributed by atoms with Gasteiger partial charge in [-0.3, -0.25) is 0 Å². The second-order valence-electron chi connectivity index (χ2n) is 11.3. The van der Waals surface area contributed by atoms with E-state index in [1.807, 2.05) is 0 Å². The Balaban J connectivity index is 1.67. The van der Waals surface area contributed by atoms with Crippen molar-refractivity contribution < 1.29 is 4.40 Å². The topological polar surface area (TPSA) is 8.51 Å². The average Bonchev–Trinajstić information content (AvgIpc) is 3.43. The molecule has 0 atom stereocenters. The molecule has 3 heteroatoms. The van der Waals surface area contributed by atoms with E-state index in [4.69, 9.17) is 0 Å². The van der Waals surface area contributed by atoms with Gasteiger partial charge in [0.05, 0.1) is 5.39 Å². The van der Waals surface area contributed by atoms with Gasteiger partial charge in [-0.05, 0) is 35.4 Å². The molecule has 9 aromatic rings. The van der Waals surface area contributed by atoms with Gasteiger partial charge in [-0.2, -0.15) is 8.80 Å². The monoisotopic (exact) mass is 625 g/mol. The lowest BCUT2D eigenvalue weighted by Gasteiger charge is -2.19. The molecule has 0 fully saturated rings. The molecular weight excluding hydrogens is 600 g/mol. The minimum atomic E-state index is 1.06. The maximum absolute atomic E-state index is 3.97. The van der Waals surface area contributed by atoms with E-state index in [9.17, 15) is 0 Å². The second kappa shape index (κ2) is 9.90. The Bertz CT molecular complexity index is 2300. The Hall–Kier alpha value is -5.25. The van der Waals surface area contributed by atoms with Crippen molar-refractivity contribution in [3.8, 4) is 44.8 Å². The number of nitrogens with zero attached hydrogens (tertiary/aromatic N) is 2. The molecule has 9 rings (SSSR count). The molecule has 0 saturated heterocycles. The van der Waals surface area contributed by atoms with Crippen molar-refractivity contribution in [2.24, 2.45) is 0 Å². The smallest absolute Gasteiger partial charge is 0.186 e. The van der Waals surface area contributed by atoms with Gasteiger partial charge in [0.15, 0.2) is 11.0 Å². The first-order valence-electron chi connectivity index (χ1n) is 14.9. The van der Waals surface area contributed by atoms with Gasteiger partial charge in [0.25, 0.3) is 0 Å². The highest BCUT2D eigenvalue weighted by Crippen LogP contribution is 2.48. The summed E-state index contributed by atoms with van der Waals surface area (Å²) >= 11 is 3.97. The van der Waals surface area contributed by atoms with Crippen molar-refractivity contribution >= 4 is 48.8 Å². The molecule has 0 aliphatic rings. The number of aromatic nitrogens is 2. The quantitative estimate of drug-likeness (QED) is 0.172. The highest BCUT2D eigenvalue weighted by atomic mass is 79.9. The number of rotatable bonds is 4. The van der Waals surface area contributed by atoms with Crippen molar-refractivity contribution in [2.75, 3.05) is 0 Å². The van der Waals surface area contributed by atoms with E-state index >= 15 is 0 Å². The summed E-state index contributed by atoms with van der Waals surface area (Å²) in [4.78, 5) is 0. The van der Waals surface area contributed by atoms with Crippen LogP contribution in [0, 0.1) is 0 Å². The zero-order chi connectivity index (χ0) is 29.2. The first-order chi connectivity index (χ1) is 21.8. The molecule has 0 N–H and O–H groups in total. The van der Waals surface area contributed by atoms with E-state index in [-0.39, 0.29) is 0 Å². The maximum Gasteiger partial charge on any atom is 0.301 e. The first kappa shape index (κ1) is 25.3. The number of benzene rings is 6. The number of fused-ring (bicyclic) bond motifs is 3. The molecule has 206 valence electrons. The Kier molecular flexibility index (Phi) is 5.69. The molecule has 44 heavy (non-hydrogen) atoms. The molecule has 0 unspecified atom stereocenters. The Morgan fingerprint density at radius 2 is 0.955 bits per heavy atom. The predicted molar refractivity (Wildman–Crippen MR) is 186 cm³/mol. The molecule has 3 aromatic heterocycles. The Labute approximate surface area is 263 Å². The molecule has 6 aromatic carbocycles. The average molecular weight is 627 g/mol. The zero-order valence-electron chi connectivity index (χ0n) is 23.8. The summed E-state index contributed by atoms with van der Waals surface area (Å²) in [5.74, 6) is 0. The predicted octanol–water partition coefficient (Wildman–Crippen LogP) is 10.9. The zero-order valence-corrected chi connectivity index (χ0v) is 25.4. The lowest BCUT2D eigenvalue weighted by Crippen LogP contribution is -2.26. The van der Waals surface area contributed by atoms with Gasteiger partial charge in [-0.15, -0.1) is 0 Å². The summed E-state index contributed by atoms with van der Waals surface area (Å²) in [6.45, 7) is 0. The number of halogens is 1. The minimum Gasteiger partial charge on any atom is -0.186 e. The van der Waals surface area contributed by atoms with Crippen LogP contribution in [0.3, 0.4) is 0 Å². The van der Waals surface area contributed by atoms with E-state index in [1.54, 1.807) is 0 Å². The molecule has 0 radical (unpaired) electrons. The Morgan fingerprint density at radius 1 is 0.477 bits per heavy atom. The minimum absolute atomic E-state index is 1.06. The van der Waals surface area contributed by atoms with Crippen LogP contribution in [0.2, 0.25) is 0 Å². The molecule has 0 bridgehead atoms. The maximum atomic E-state index is 3.97. The number of hydrogen-bond donors (Lipinski definition) is 0. The van der Waals surface area contributed by atoms with Gasteiger partial charge < -0.3 is 0 Å². The van der Waals surface area contributed by atoms with Crippen molar-refractivity contribution in [3.05, 3.63) is 162 Å². The van der Waals surface area contributed by atoms with Gasteiger partial charge >= 0.3 is 5.65 Å². The molecule has 3 heterocycles. The van der Waals surface area contributed by atoms with E-state index in [1.165, 1.54) is 77.6 Å². The number of hydrogen-bond acceptors (Lipinski definition) is 0. The summed E-state index contributed by atoms with van der Waals surface area (Å²) < 4.78 is 6.08. The van der Waals surface area contributed by atoms with Crippen LogP contribution in [0.25, 0.3) is 77.6 Å². The molecule has 0 saturated carbocycles. The van der Waals surface area contributed by atoms with E-state index in [2.05, 4.69) is 182 Å². The third kappa shape index (κ3) is 3.63. The van der Waals surface area contributed by atoms with Crippen molar-refractivity contribution in [1.29, 1.82) is 0 Å². The fourth-order valence-electron chi connectivity index (χ4n) is 7.10. The van der Waals surface area contributed by atoms with Crippen molar-refractivity contribution in [2.45, 2.75) is 0 Å². The SMILES string of the molecule is Brc1cc2c(-c3ccccc3)c(-c3ccccc3)n3c4ccccc4[n+]4c(-c5ccccc5)c(-c5ccccc5)c(c1)c2c34. The van der Waals surface area contributed by atoms with Crippen LogP contribution in [0.1, 0.15) is 0 Å².